The third-order valence-corrected chi connectivity index (χ3v) is 3.87. The molecule has 2 aromatic rings. The Labute approximate surface area is 155 Å². The van der Waals surface area contributed by atoms with Crippen LogP contribution in [0.2, 0.25) is 0 Å². The van der Waals surface area contributed by atoms with E-state index in [1.165, 1.54) is 25.1 Å². The molecule has 0 aliphatic rings. The Morgan fingerprint density at radius 3 is 2.56 bits per heavy atom. The normalized spacial score (nSPS) is 11.6. The van der Waals surface area contributed by atoms with Gasteiger partial charge in [-0.3, -0.25) is 4.79 Å². The first-order valence-corrected chi connectivity index (χ1v) is 8.38. The van der Waals surface area contributed by atoms with E-state index in [0.29, 0.717) is 11.3 Å². The van der Waals surface area contributed by atoms with Crippen LogP contribution in [0, 0.1) is 19.7 Å². The molecule has 2 rings (SSSR count). The fraction of sp³-hybridized carbons (Fsp3) is 0.316. The topological polar surface area (TPSA) is 97.5 Å². The van der Waals surface area contributed by atoms with Crippen LogP contribution >= 0.6 is 0 Å². The summed E-state index contributed by atoms with van der Waals surface area (Å²) in [5, 5.41) is 2.47. The SMILES string of the molecule is CCOC(=O)c1[nH]c(C)c(C(=O)O[C@H](C)C(=O)Nc2cccc(F)c2)c1C. The molecule has 0 spiro atoms. The highest BCUT2D eigenvalue weighted by atomic mass is 19.1. The predicted molar refractivity (Wildman–Crippen MR) is 96.1 cm³/mol. The van der Waals surface area contributed by atoms with E-state index in [1.54, 1.807) is 20.8 Å². The monoisotopic (exact) mass is 376 g/mol. The van der Waals surface area contributed by atoms with E-state index in [4.69, 9.17) is 9.47 Å². The first kappa shape index (κ1) is 20.2. The number of ether oxygens (including phenoxy) is 2. The minimum absolute atomic E-state index is 0.165. The smallest absolute Gasteiger partial charge is 0.355 e. The summed E-state index contributed by atoms with van der Waals surface area (Å²) in [7, 11) is 0. The highest BCUT2D eigenvalue weighted by Crippen LogP contribution is 2.20. The molecular formula is C19H21FN2O5. The molecule has 2 N–H and O–H groups in total. The summed E-state index contributed by atoms with van der Waals surface area (Å²) >= 11 is 0. The number of carbonyl (C=O) groups is 3. The average molecular weight is 376 g/mol. The van der Waals surface area contributed by atoms with Crippen molar-refractivity contribution in [1.29, 1.82) is 0 Å². The number of aryl methyl sites for hydroxylation is 1. The van der Waals surface area contributed by atoms with Crippen LogP contribution in [0.3, 0.4) is 0 Å². The van der Waals surface area contributed by atoms with Gasteiger partial charge in [-0.25, -0.2) is 14.0 Å². The zero-order valence-electron chi connectivity index (χ0n) is 15.5. The molecule has 8 heteroatoms. The van der Waals surface area contributed by atoms with Crippen LogP contribution in [0.5, 0.6) is 0 Å². The molecule has 0 aliphatic heterocycles. The number of nitrogens with one attached hydrogen (secondary N) is 2. The molecule has 0 aliphatic carbocycles. The molecular weight excluding hydrogens is 355 g/mol. The highest BCUT2D eigenvalue weighted by molar-refractivity contribution is 6.01. The highest BCUT2D eigenvalue weighted by Gasteiger charge is 2.26. The minimum atomic E-state index is -1.12. The first-order chi connectivity index (χ1) is 12.7. The lowest BCUT2D eigenvalue weighted by atomic mass is 10.1. The van der Waals surface area contributed by atoms with Crippen molar-refractivity contribution in [2.45, 2.75) is 33.8 Å². The number of carbonyl (C=O) groups excluding carboxylic acids is 3. The number of hydrogen-bond donors (Lipinski definition) is 2. The van der Waals surface area contributed by atoms with Crippen molar-refractivity contribution in [2.24, 2.45) is 0 Å². The molecule has 27 heavy (non-hydrogen) atoms. The molecule has 0 unspecified atom stereocenters. The van der Waals surface area contributed by atoms with E-state index >= 15 is 0 Å². The standard InChI is InChI=1S/C19H21FN2O5/c1-5-26-19(25)16-10(2)15(11(3)21-16)18(24)27-12(4)17(23)22-14-8-6-7-13(20)9-14/h6-9,12,21H,5H2,1-4H3,(H,22,23)/t12-/m1/s1. The van der Waals surface area contributed by atoms with Gasteiger partial charge in [0.25, 0.3) is 5.91 Å². The number of hydrogen-bond acceptors (Lipinski definition) is 5. The summed E-state index contributed by atoms with van der Waals surface area (Å²) in [5.74, 6) is -2.43. The van der Waals surface area contributed by atoms with E-state index in [0.717, 1.165) is 6.07 Å². The van der Waals surface area contributed by atoms with E-state index in [-0.39, 0.29) is 23.6 Å². The minimum Gasteiger partial charge on any atom is -0.461 e. The Kier molecular flexibility index (Phi) is 6.33. The molecule has 144 valence electrons. The van der Waals surface area contributed by atoms with Gasteiger partial charge in [-0.1, -0.05) is 6.07 Å². The van der Waals surface area contributed by atoms with Crippen molar-refractivity contribution in [3.05, 3.63) is 52.6 Å². The maximum absolute atomic E-state index is 13.2. The molecule has 7 nitrogen and oxygen atoms in total. The number of amides is 1. The number of benzene rings is 1. The second-order valence-electron chi connectivity index (χ2n) is 5.89. The third-order valence-electron chi connectivity index (χ3n) is 3.87. The number of esters is 2. The zero-order chi connectivity index (χ0) is 20.1. The molecule has 1 atom stereocenters. The second-order valence-corrected chi connectivity index (χ2v) is 5.89. The van der Waals surface area contributed by atoms with Gasteiger partial charge in [-0.2, -0.15) is 0 Å². The van der Waals surface area contributed by atoms with Crippen LogP contribution in [-0.2, 0) is 14.3 Å². The maximum Gasteiger partial charge on any atom is 0.355 e. The van der Waals surface area contributed by atoms with Crippen LogP contribution in [-0.4, -0.2) is 35.5 Å². The molecule has 0 saturated heterocycles. The average Bonchev–Trinajstić information content (AvgIpc) is 2.89. The van der Waals surface area contributed by atoms with Gasteiger partial charge in [0.15, 0.2) is 6.10 Å². The Hall–Kier alpha value is -3.16. The first-order valence-electron chi connectivity index (χ1n) is 8.38. The summed E-state index contributed by atoms with van der Waals surface area (Å²) in [6, 6.07) is 5.36. The summed E-state index contributed by atoms with van der Waals surface area (Å²) in [6.07, 6.45) is -1.12. The lowest BCUT2D eigenvalue weighted by molar-refractivity contribution is -0.123. The van der Waals surface area contributed by atoms with Crippen molar-refractivity contribution in [1.82, 2.24) is 4.98 Å². The summed E-state index contributed by atoms with van der Waals surface area (Å²) in [4.78, 5) is 39.4. The van der Waals surface area contributed by atoms with Crippen LogP contribution in [0.1, 0.15) is 46.0 Å². The van der Waals surface area contributed by atoms with Gasteiger partial charge in [0, 0.05) is 11.4 Å². The molecule has 0 radical (unpaired) electrons. The van der Waals surface area contributed by atoms with Crippen molar-refractivity contribution in [3.8, 4) is 0 Å². The summed E-state index contributed by atoms with van der Waals surface area (Å²) < 4.78 is 23.3. The van der Waals surface area contributed by atoms with Gasteiger partial charge < -0.3 is 19.8 Å². The molecule has 0 bridgehead atoms. The summed E-state index contributed by atoms with van der Waals surface area (Å²) in [5.41, 5.74) is 1.40. The van der Waals surface area contributed by atoms with E-state index in [9.17, 15) is 18.8 Å². The largest absolute Gasteiger partial charge is 0.461 e. The third kappa shape index (κ3) is 4.72. The predicted octanol–water partition coefficient (Wildman–Crippen LogP) is 3.13. The van der Waals surface area contributed by atoms with Crippen LogP contribution in [0.15, 0.2) is 24.3 Å². The number of aromatic amines is 1. The van der Waals surface area contributed by atoms with E-state index < -0.39 is 29.8 Å². The van der Waals surface area contributed by atoms with Crippen molar-refractivity contribution in [3.63, 3.8) is 0 Å². The van der Waals surface area contributed by atoms with Crippen LogP contribution < -0.4 is 5.32 Å². The Bertz CT molecular complexity index is 875. The van der Waals surface area contributed by atoms with Gasteiger partial charge in [-0.15, -0.1) is 0 Å². The van der Waals surface area contributed by atoms with E-state index in [1.807, 2.05) is 0 Å². The van der Waals surface area contributed by atoms with Crippen molar-refractivity contribution in [2.75, 3.05) is 11.9 Å². The van der Waals surface area contributed by atoms with Gasteiger partial charge in [0.2, 0.25) is 0 Å². The molecule has 1 aromatic carbocycles. The van der Waals surface area contributed by atoms with Gasteiger partial charge in [0.05, 0.1) is 12.2 Å². The Morgan fingerprint density at radius 1 is 1.22 bits per heavy atom. The lowest BCUT2D eigenvalue weighted by Crippen LogP contribution is -2.30. The number of H-pyrrole nitrogens is 1. The van der Waals surface area contributed by atoms with Gasteiger partial charge in [-0.05, 0) is 51.5 Å². The Morgan fingerprint density at radius 2 is 1.93 bits per heavy atom. The summed E-state index contributed by atoms with van der Waals surface area (Å²) in [6.45, 7) is 6.48. The molecule has 1 amide bonds. The van der Waals surface area contributed by atoms with Crippen molar-refractivity contribution >= 4 is 23.5 Å². The molecule has 0 fully saturated rings. The number of anilines is 1. The molecule has 0 saturated carbocycles. The van der Waals surface area contributed by atoms with Crippen LogP contribution in [0.4, 0.5) is 10.1 Å². The number of halogens is 1. The van der Waals surface area contributed by atoms with Crippen molar-refractivity contribution < 1.29 is 28.2 Å². The number of aromatic nitrogens is 1. The molecule has 1 aromatic heterocycles. The van der Waals surface area contributed by atoms with Gasteiger partial charge in [0.1, 0.15) is 11.5 Å². The zero-order valence-corrected chi connectivity index (χ0v) is 15.5. The second kappa shape index (κ2) is 8.48. The fourth-order valence-corrected chi connectivity index (χ4v) is 2.55. The van der Waals surface area contributed by atoms with Gasteiger partial charge >= 0.3 is 11.9 Å². The van der Waals surface area contributed by atoms with Crippen LogP contribution in [0.25, 0.3) is 0 Å². The maximum atomic E-state index is 13.2. The lowest BCUT2D eigenvalue weighted by Gasteiger charge is -2.14. The number of rotatable bonds is 6. The van der Waals surface area contributed by atoms with E-state index in [2.05, 4.69) is 10.3 Å². The quantitative estimate of drug-likeness (QED) is 0.755. The fourth-order valence-electron chi connectivity index (χ4n) is 2.55. The Balaban J connectivity index is 2.10. The molecule has 1 heterocycles.